The number of hydrogen-bond acceptors (Lipinski definition) is 17. The fraction of sp³-hybridized carbons (Fsp3) is 0.533. The van der Waals surface area contributed by atoms with Gasteiger partial charge in [-0.05, 0) is 226 Å². The van der Waals surface area contributed by atoms with Crippen LogP contribution in [0.15, 0.2) is 222 Å². The third-order valence-electron chi connectivity index (χ3n) is 21.6. The lowest BCUT2D eigenvalue weighted by Gasteiger charge is -2.26. The molecule has 7 aromatic rings. The van der Waals surface area contributed by atoms with Gasteiger partial charge in [0.25, 0.3) is 11.8 Å². The van der Waals surface area contributed by atoms with Crippen LogP contribution in [-0.2, 0) is 54.8 Å². The molecule has 7 aromatic carbocycles. The maximum atomic E-state index is 11.6. The van der Waals surface area contributed by atoms with Crippen molar-refractivity contribution in [3.8, 4) is 17.9 Å². The van der Waals surface area contributed by atoms with Crippen molar-refractivity contribution >= 4 is 81.0 Å². The Balaban J connectivity index is -0.00000156. The number of piperidine rings is 1. The Labute approximate surface area is 905 Å². The molecular formula is C120H188BrClN14O12. The highest BCUT2D eigenvalue weighted by atomic mass is 79.9. The number of nitriles is 2. The van der Waals surface area contributed by atoms with Gasteiger partial charge in [0.2, 0.25) is 11.8 Å². The summed E-state index contributed by atoms with van der Waals surface area (Å²) < 4.78 is 20.9. The van der Waals surface area contributed by atoms with Crippen LogP contribution in [0.1, 0.15) is 319 Å². The average molecular weight is 2130 g/mol. The molecule has 26 nitrogen and oxygen atoms in total. The van der Waals surface area contributed by atoms with Crippen LogP contribution in [0, 0.1) is 28.6 Å². The van der Waals surface area contributed by atoms with E-state index >= 15 is 0 Å². The second kappa shape index (κ2) is 104. The van der Waals surface area contributed by atoms with Crippen LogP contribution in [0.5, 0.6) is 5.75 Å². The lowest BCUT2D eigenvalue weighted by Crippen LogP contribution is -2.43. The van der Waals surface area contributed by atoms with E-state index in [1.165, 1.54) is 76.1 Å². The van der Waals surface area contributed by atoms with E-state index in [1.54, 1.807) is 55.7 Å². The molecule has 0 radical (unpaired) electrons. The van der Waals surface area contributed by atoms with Gasteiger partial charge in [-0.25, -0.2) is 14.4 Å². The van der Waals surface area contributed by atoms with Gasteiger partial charge in [0, 0.05) is 122 Å². The van der Waals surface area contributed by atoms with Crippen molar-refractivity contribution in [3.05, 3.63) is 261 Å². The van der Waals surface area contributed by atoms with Crippen LogP contribution in [0.25, 0.3) is 0 Å². The Morgan fingerprint density at radius 3 is 1.43 bits per heavy atom. The van der Waals surface area contributed by atoms with Gasteiger partial charge in [-0.15, -0.1) is 0 Å². The van der Waals surface area contributed by atoms with Crippen molar-refractivity contribution in [2.24, 2.45) is 11.7 Å². The molecule has 0 saturated carbocycles. The summed E-state index contributed by atoms with van der Waals surface area (Å²) >= 11 is 9.18. The number of nitrogens with one attached hydrogen (secondary N) is 9. The summed E-state index contributed by atoms with van der Waals surface area (Å²) in [5, 5.41) is 43.3. The van der Waals surface area contributed by atoms with Crippen LogP contribution in [-0.4, -0.2) is 171 Å². The number of carbonyl (C=O) groups is 8. The van der Waals surface area contributed by atoms with Crippen LogP contribution >= 0.6 is 27.5 Å². The van der Waals surface area contributed by atoms with Gasteiger partial charge in [0.05, 0.1) is 44.9 Å². The number of methoxy groups -OCH3 is 2. The maximum absolute atomic E-state index is 11.6. The number of nitrogens with zero attached hydrogens (tertiary/aromatic N) is 4. The van der Waals surface area contributed by atoms with E-state index < -0.39 is 6.04 Å². The van der Waals surface area contributed by atoms with Gasteiger partial charge in [0.15, 0.2) is 0 Å². The molecule has 824 valence electrons. The lowest BCUT2D eigenvalue weighted by atomic mass is 9.96. The van der Waals surface area contributed by atoms with Crippen LogP contribution < -0.4 is 58.3 Å². The number of urea groups is 2. The number of unbranched alkanes of at least 4 members (excludes halogenated alkanes) is 13. The number of halogens is 2. The Hall–Kier alpha value is -11.4. The highest BCUT2D eigenvalue weighted by molar-refractivity contribution is 9.10. The number of para-hydroxylation sites is 1. The van der Waals surface area contributed by atoms with Crippen LogP contribution in [0.4, 0.5) is 20.1 Å². The summed E-state index contributed by atoms with van der Waals surface area (Å²) in [4.78, 5) is 94.7. The summed E-state index contributed by atoms with van der Waals surface area (Å²) in [5.74, 6) is 0.535. The first-order valence-corrected chi connectivity index (χ1v) is 55.3. The van der Waals surface area contributed by atoms with Gasteiger partial charge in [0.1, 0.15) is 12.4 Å². The van der Waals surface area contributed by atoms with E-state index in [0.717, 1.165) is 233 Å². The number of carbonyl (C=O) groups excluding carboxylic acids is 8. The molecule has 9 amide bonds. The van der Waals surface area contributed by atoms with E-state index in [-0.39, 0.29) is 53.7 Å². The molecule has 0 bridgehead atoms. The zero-order valence-electron chi connectivity index (χ0n) is 92.9. The molecule has 1 fully saturated rings. The van der Waals surface area contributed by atoms with Gasteiger partial charge in [-0.1, -0.05) is 327 Å². The van der Waals surface area contributed by atoms with Crippen LogP contribution in [0.2, 0.25) is 5.02 Å². The summed E-state index contributed by atoms with van der Waals surface area (Å²) in [7, 11) is 7.24. The largest absolute Gasteiger partial charge is 0.497 e. The number of esters is 1. The number of benzene rings is 7. The van der Waals surface area contributed by atoms with E-state index in [2.05, 4.69) is 218 Å². The molecule has 2 unspecified atom stereocenters. The van der Waals surface area contributed by atoms with Crippen molar-refractivity contribution in [2.45, 2.75) is 308 Å². The second-order valence-corrected chi connectivity index (χ2v) is 36.5. The fourth-order valence-electron chi connectivity index (χ4n) is 12.3. The van der Waals surface area contributed by atoms with Crippen LogP contribution in [0.3, 0.4) is 0 Å². The number of allylic oxidation sites excluding steroid dienone is 3. The van der Waals surface area contributed by atoms with Gasteiger partial charge in [-0.2, -0.15) is 10.5 Å². The summed E-state index contributed by atoms with van der Waals surface area (Å²) in [6, 6.07) is 65.3. The number of ether oxygens (including phenoxy) is 4. The van der Waals surface area contributed by atoms with Crippen molar-refractivity contribution in [2.75, 3.05) is 112 Å². The van der Waals surface area contributed by atoms with E-state index in [9.17, 15) is 38.4 Å². The molecule has 0 spiro atoms. The predicted molar refractivity (Wildman–Crippen MR) is 617 cm³/mol. The Morgan fingerprint density at radius 1 is 0.486 bits per heavy atom. The van der Waals surface area contributed by atoms with Crippen molar-refractivity contribution in [1.29, 1.82) is 10.5 Å². The average Bonchev–Trinajstić information content (AvgIpc) is 0.811. The topological polar surface area (TPSA) is 362 Å². The number of amides is 9. The smallest absolute Gasteiger partial charge is 0.407 e. The first-order valence-electron chi connectivity index (χ1n) is 54.1. The minimum atomic E-state index is -0.493. The number of likely N-dealkylation sites (tertiary alicyclic amines) is 1. The third-order valence-corrected chi connectivity index (χ3v) is 22.6. The Kier molecular flexibility index (Phi) is 99.0. The molecule has 9 rings (SSSR count). The minimum absolute atomic E-state index is 0.0221. The molecule has 148 heavy (non-hydrogen) atoms. The third kappa shape index (κ3) is 86.5. The predicted octanol–water partition coefficient (Wildman–Crippen LogP) is 26.5. The van der Waals surface area contributed by atoms with E-state index in [4.69, 9.17) is 42.1 Å². The van der Waals surface area contributed by atoms with Gasteiger partial charge in [-0.3, -0.25) is 24.0 Å². The van der Waals surface area contributed by atoms with E-state index in [0.29, 0.717) is 55.1 Å². The highest BCUT2D eigenvalue weighted by Gasteiger charge is 2.19. The molecule has 1 aliphatic carbocycles. The molecule has 1 saturated heterocycles. The summed E-state index contributed by atoms with van der Waals surface area (Å²) in [5.41, 5.74) is 13.3. The first kappa shape index (κ1) is 141. The molecule has 2 atom stereocenters. The molecule has 28 heteroatoms. The van der Waals surface area contributed by atoms with Gasteiger partial charge >= 0.3 is 24.1 Å². The Morgan fingerprint density at radius 2 is 0.953 bits per heavy atom. The zero-order valence-corrected chi connectivity index (χ0v) is 95.3. The second-order valence-electron chi connectivity index (χ2n) is 35.2. The molecule has 0 aromatic heterocycles. The number of nitrogens with two attached hydrogens (primary N) is 1. The van der Waals surface area contributed by atoms with Crippen molar-refractivity contribution in [1.82, 2.24) is 52.3 Å². The SMILES string of the molecule is CCCCC#N.CCCCC(=O)OC.CCCCN(C)C.CCCCNC(=O)C(N)Cc1ccc(Cl)cc1.CCCCNC(=O)C1C=CC(C#N)=CC1.CCCCNC(=O)N1CCCCC1.CCCCNC(=O)Nc1ccccc1.CCCCNC(=O)OCc1ccccc1Br.CCCCNC(=O)c1ccc(OC)cc1.CCCCNC(=O)c1ccccc1.CCCCNCc1ccccc1.CCCCOCc1ccccc1. The minimum Gasteiger partial charge on any atom is -0.497 e. The molecule has 1 heterocycles. The monoisotopic (exact) mass is 2130 g/mol. The van der Waals surface area contributed by atoms with Crippen molar-refractivity contribution in [3.63, 3.8) is 0 Å². The standard InChI is InChI=1S/C13H19ClN2O.C12H16BrNO2.C12H16N2O.C12H17NO2.C11H16N2O.C11H15NO.C11H17N.C11H16O.C10H20N2O.C6H15N.C6H12O2.C5H9N/c1-2-3-8-16-13(17)12(15)9-10-4-6-11(14)7-5-10;1-2-3-8-14-12(15)16-9-10-6-4-5-7-11(10)13;1-2-3-8-14-12(15)11-6-4-10(9-13)5-7-11;1-3-4-9-13-12(14)10-5-7-11(15-2)8-6-10;1-2-3-9-12-11(14)13-10-7-5-4-6-8-10;1-2-3-9-12-11(13)10-7-5-4-6-8-10;2*1-2-3-9-12-10-11-7-5-4-6-8-11;1-2-3-7-11-10(13)12-8-5-4-6-9-12;1-4-5-6-7(2)3;1-3-4-5-6(7)8-2;1-2-3-4-5-6/h4-7,12H,2-3,8-9,15H2,1H3,(H,16,17);4-7H,2-3,8-9H2,1H3,(H,14,15);4-6,11H,2-3,7-8H2,1H3,(H,14,15);5-8H,3-4,9H2,1-2H3,(H,13,14);4-8H,2-3,9H2,1H3,(H2,12,13,14);4-8H,2-3,9H2,1H3,(H,12,13);4-8,12H,2-3,9-10H2,1H3;4-8H,2-3,9-10H2,1H3;2-9H2,1H3,(H,11,13);4-6H2,1-3H3;3-5H2,1-2H3;2-4H2,1H3. The van der Waals surface area contributed by atoms with E-state index in [1.807, 2.05) is 133 Å². The first-order chi connectivity index (χ1) is 71.8. The maximum Gasteiger partial charge on any atom is 0.407 e. The zero-order chi connectivity index (χ0) is 110. The molecule has 1 aliphatic heterocycles. The number of hydrogen-bond donors (Lipinski definition) is 10. The molecule has 11 N–H and O–H groups in total. The normalized spacial score (nSPS) is 11.5. The number of anilines is 1. The Bertz CT molecular complexity index is 4460. The quantitative estimate of drug-likeness (QED) is 0.0125. The molecule has 2 aliphatic rings. The summed E-state index contributed by atoms with van der Waals surface area (Å²) in [6.07, 6.45) is 37.5. The number of alkyl carbamates (subject to hydrolysis) is 1. The molecular weight excluding hydrogens is 1940 g/mol. The highest BCUT2D eigenvalue weighted by Crippen LogP contribution is 2.19. The summed E-state index contributed by atoms with van der Waals surface area (Å²) in [6.45, 7) is 37.8. The number of rotatable bonds is 49. The van der Waals surface area contributed by atoms with Crippen molar-refractivity contribution < 1.29 is 57.3 Å². The fourth-order valence-corrected chi connectivity index (χ4v) is 12.9. The lowest BCUT2D eigenvalue weighted by molar-refractivity contribution is -0.140. The van der Waals surface area contributed by atoms with Gasteiger partial charge < -0.3 is 82.3 Å².